The van der Waals surface area contributed by atoms with Crippen LogP contribution in [-0.4, -0.2) is 36.6 Å². The van der Waals surface area contributed by atoms with Crippen LogP contribution in [0.25, 0.3) is 0 Å². The van der Waals surface area contributed by atoms with Crippen LogP contribution in [-0.2, 0) is 0 Å². The Morgan fingerprint density at radius 1 is 1.10 bits per heavy atom. The van der Waals surface area contributed by atoms with E-state index in [1.54, 1.807) is 0 Å². The maximum Gasteiger partial charge on any atom is 0.0244 e. The van der Waals surface area contributed by atoms with E-state index in [2.05, 4.69) is 44.8 Å². The second-order valence-electron chi connectivity index (χ2n) is 8.80. The van der Waals surface area contributed by atoms with Gasteiger partial charge in [-0.15, -0.1) is 0 Å². The summed E-state index contributed by atoms with van der Waals surface area (Å²) < 4.78 is 0. The number of hydrogen-bond donors (Lipinski definition) is 1. The molecule has 2 fully saturated rings. The summed E-state index contributed by atoms with van der Waals surface area (Å²) in [5.74, 6) is 1.98. The molecule has 1 saturated heterocycles. The van der Waals surface area contributed by atoms with Crippen molar-refractivity contribution in [3.63, 3.8) is 0 Å². The molecule has 0 amide bonds. The van der Waals surface area contributed by atoms with Gasteiger partial charge in [0.05, 0.1) is 0 Å². The van der Waals surface area contributed by atoms with Crippen LogP contribution in [0.5, 0.6) is 0 Å². The molecule has 0 aromatic rings. The predicted molar refractivity (Wildman–Crippen MR) is 92.6 cm³/mol. The molecule has 0 spiro atoms. The van der Waals surface area contributed by atoms with Gasteiger partial charge in [0.1, 0.15) is 0 Å². The fraction of sp³-hybridized carbons (Fsp3) is 1.00. The first-order chi connectivity index (χ1) is 9.90. The third-order valence-corrected chi connectivity index (χ3v) is 6.01. The monoisotopic (exact) mass is 294 g/mol. The third kappa shape index (κ3) is 4.96. The summed E-state index contributed by atoms with van der Waals surface area (Å²) in [6.07, 6.45) is 8.60. The summed E-state index contributed by atoms with van der Waals surface area (Å²) in [5, 5.41) is 3.79. The van der Waals surface area contributed by atoms with E-state index in [4.69, 9.17) is 0 Å². The quantitative estimate of drug-likeness (QED) is 0.831. The Labute approximate surface area is 133 Å². The van der Waals surface area contributed by atoms with Crippen LogP contribution >= 0.6 is 0 Å². The predicted octanol–water partition coefficient (Wildman–Crippen LogP) is 4.30. The lowest BCUT2D eigenvalue weighted by Crippen LogP contribution is -2.60. The van der Waals surface area contributed by atoms with Gasteiger partial charge in [-0.05, 0) is 36.6 Å². The van der Waals surface area contributed by atoms with Crippen molar-refractivity contribution < 1.29 is 0 Å². The molecular formula is C19H38N2. The maximum absolute atomic E-state index is 3.79. The van der Waals surface area contributed by atoms with E-state index >= 15 is 0 Å². The van der Waals surface area contributed by atoms with Crippen LogP contribution < -0.4 is 5.32 Å². The van der Waals surface area contributed by atoms with Crippen molar-refractivity contribution in [3.8, 4) is 0 Å². The zero-order chi connectivity index (χ0) is 15.5. The van der Waals surface area contributed by atoms with Crippen molar-refractivity contribution in [2.75, 3.05) is 19.6 Å². The van der Waals surface area contributed by atoms with Gasteiger partial charge in [-0.25, -0.2) is 0 Å². The van der Waals surface area contributed by atoms with E-state index in [1.807, 2.05) is 0 Å². The summed E-state index contributed by atoms with van der Waals surface area (Å²) >= 11 is 0. The van der Waals surface area contributed by atoms with Gasteiger partial charge < -0.3 is 5.32 Å². The normalized spacial score (nSPS) is 35.9. The molecule has 2 atom stereocenters. The first kappa shape index (κ1) is 17.3. The largest absolute Gasteiger partial charge is 0.311 e. The molecule has 0 radical (unpaired) electrons. The Morgan fingerprint density at radius 2 is 1.76 bits per heavy atom. The minimum absolute atomic E-state index is 0.372. The Bertz CT molecular complexity index is 299. The Morgan fingerprint density at radius 3 is 2.33 bits per heavy atom. The van der Waals surface area contributed by atoms with Gasteiger partial charge in [-0.2, -0.15) is 0 Å². The van der Waals surface area contributed by atoms with Crippen molar-refractivity contribution >= 4 is 0 Å². The first-order valence-electron chi connectivity index (χ1n) is 9.37. The van der Waals surface area contributed by atoms with Gasteiger partial charge in [-0.3, -0.25) is 4.90 Å². The average Bonchev–Trinajstić information content (AvgIpc) is 2.45. The zero-order valence-electron chi connectivity index (χ0n) is 15.1. The van der Waals surface area contributed by atoms with Gasteiger partial charge in [0.2, 0.25) is 0 Å². The summed E-state index contributed by atoms with van der Waals surface area (Å²) in [7, 11) is 0. The Balaban J connectivity index is 1.83. The topological polar surface area (TPSA) is 15.3 Å². The second-order valence-corrected chi connectivity index (χ2v) is 8.80. The molecule has 1 aliphatic heterocycles. The van der Waals surface area contributed by atoms with Gasteiger partial charge in [0.25, 0.3) is 0 Å². The van der Waals surface area contributed by atoms with E-state index in [9.17, 15) is 0 Å². The Kier molecular flexibility index (Phi) is 6.14. The fourth-order valence-electron chi connectivity index (χ4n) is 4.08. The smallest absolute Gasteiger partial charge is 0.0244 e. The summed E-state index contributed by atoms with van der Waals surface area (Å²) in [4.78, 5) is 2.80. The van der Waals surface area contributed by atoms with Crippen LogP contribution in [0.3, 0.4) is 0 Å². The molecule has 2 aliphatic rings. The van der Waals surface area contributed by atoms with E-state index in [1.165, 1.54) is 58.2 Å². The van der Waals surface area contributed by atoms with E-state index in [0.29, 0.717) is 11.5 Å². The number of nitrogens with one attached hydrogen (secondary N) is 1. The van der Waals surface area contributed by atoms with Crippen LogP contribution in [0.2, 0.25) is 0 Å². The second kappa shape index (κ2) is 7.46. The molecule has 1 heterocycles. The minimum atomic E-state index is 0.372. The zero-order valence-corrected chi connectivity index (χ0v) is 15.1. The molecule has 21 heavy (non-hydrogen) atoms. The lowest BCUT2D eigenvalue weighted by molar-refractivity contribution is 0.0755. The average molecular weight is 295 g/mol. The van der Waals surface area contributed by atoms with Gasteiger partial charge in [0, 0.05) is 25.2 Å². The molecule has 0 aromatic carbocycles. The van der Waals surface area contributed by atoms with Crippen molar-refractivity contribution in [2.45, 2.75) is 85.2 Å². The molecule has 2 nitrogen and oxygen atoms in total. The van der Waals surface area contributed by atoms with Gasteiger partial charge in [-0.1, -0.05) is 60.3 Å². The summed E-state index contributed by atoms with van der Waals surface area (Å²) in [6.45, 7) is 15.6. The molecular weight excluding hydrogens is 256 g/mol. The number of piperazine rings is 1. The molecule has 1 saturated carbocycles. The highest BCUT2D eigenvalue weighted by atomic mass is 15.2. The molecule has 1 aliphatic carbocycles. The number of hydrogen-bond acceptors (Lipinski definition) is 2. The maximum atomic E-state index is 3.79. The molecule has 1 N–H and O–H groups in total. The van der Waals surface area contributed by atoms with Crippen molar-refractivity contribution in [3.05, 3.63) is 0 Å². The van der Waals surface area contributed by atoms with Gasteiger partial charge in [0.15, 0.2) is 0 Å². The fourth-order valence-corrected chi connectivity index (χ4v) is 4.08. The van der Waals surface area contributed by atoms with Crippen molar-refractivity contribution in [1.82, 2.24) is 10.2 Å². The number of nitrogens with zero attached hydrogens (tertiary/aromatic N) is 1. The standard InChI is InChI=1S/C19H38N2/c1-6-17-13-20-18(19(3,4)5)14-21(17)12-11-16-9-7-15(2)8-10-16/h15-18,20H,6-14H2,1-5H3. The van der Waals surface area contributed by atoms with Crippen molar-refractivity contribution in [2.24, 2.45) is 17.3 Å². The molecule has 2 unspecified atom stereocenters. The number of rotatable bonds is 4. The van der Waals surface area contributed by atoms with E-state index in [-0.39, 0.29) is 0 Å². The Hall–Kier alpha value is -0.0800. The van der Waals surface area contributed by atoms with Crippen LogP contribution in [0, 0.1) is 17.3 Å². The van der Waals surface area contributed by atoms with Gasteiger partial charge >= 0.3 is 0 Å². The highest BCUT2D eigenvalue weighted by molar-refractivity contribution is 4.91. The van der Waals surface area contributed by atoms with E-state index in [0.717, 1.165) is 17.9 Å². The van der Waals surface area contributed by atoms with Crippen LogP contribution in [0.1, 0.15) is 73.1 Å². The molecule has 2 heteroatoms. The van der Waals surface area contributed by atoms with E-state index < -0.39 is 0 Å². The lowest BCUT2D eigenvalue weighted by atomic mass is 9.81. The lowest BCUT2D eigenvalue weighted by Gasteiger charge is -2.45. The molecule has 2 rings (SSSR count). The highest BCUT2D eigenvalue weighted by Crippen LogP contribution is 2.31. The third-order valence-electron chi connectivity index (χ3n) is 6.01. The van der Waals surface area contributed by atoms with Crippen LogP contribution in [0.4, 0.5) is 0 Å². The highest BCUT2D eigenvalue weighted by Gasteiger charge is 2.33. The summed E-state index contributed by atoms with van der Waals surface area (Å²) in [6, 6.07) is 1.40. The SMILES string of the molecule is CCC1CNC(C(C)(C)C)CN1CCC1CCC(C)CC1. The first-order valence-corrected chi connectivity index (χ1v) is 9.37. The van der Waals surface area contributed by atoms with Crippen molar-refractivity contribution in [1.29, 1.82) is 0 Å². The molecule has 124 valence electrons. The molecule has 0 aromatic heterocycles. The van der Waals surface area contributed by atoms with Crippen LogP contribution in [0.15, 0.2) is 0 Å². The summed E-state index contributed by atoms with van der Waals surface area (Å²) in [5.41, 5.74) is 0.372. The molecule has 0 bridgehead atoms. The minimum Gasteiger partial charge on any atom is -0.311 e.